The summed E-state index contributed by atoms with van der Waals surface area (Å²) in [5, 5.41) is 11.1. The Kier molecular flexibility index (Phi) is 8.59. The summed E-state index contributed by atoms with van der Waals surface area (Å²) in [5.41, 5.74) is 6.39. The van der Waals surface area contributed by atoms with Gasteiger partial charge in [-0.3, -0.25) is 14.2 Å². The molecule has 164 valence electrons. The van der Waals surface area contributed by atoms with Crippen LogP contribution in [0, 0.1) is 6.92 Å². The third-order valence-corrected chi connectivity index (χ3v) is 5.77. The fraction of sp³-hybridized carbons (Fsp3) is 0.529. The van der Waals surface area contributed by atoms with E-state index >= 15 is 0 Å². The van der Waals surface area contributed by atoms with Crippen LogP contribution in [0.15, 0.2) is 5.16 Å². The molecule has 2 heterocycles. The Morgan fingerprint density at radius 1 is 1.20 bits per heavy atom. The van der Waals surface area contributed by atoms with Crippen LogP contribution in [0.4, 0.5) is 11.1 Å². The van der Waals surface area contributed by atoms with Crippen molar-refractivity contribution in [2.45, 2.75) is 45.3 Å². The summed E-state index contributed by atoms with van der Waals surface area (Å²) in [6.45, 7) is 7.42. The Bertz CT molecular complexity index is 913. The van der Waals surface area contributed by atoms with Crippen LogP contribution < -0.4 is 11.1 Å². The number of aryl methyl sites for hydroxylation is 1. The Morgan fingerprint density at radius 3 is 2.53 bits per heavy atom. The van der Waals surface area contributed by atoms with Crippen molar-refractivity contribution in [3.05, 3.63) is 10.6 Å². The predicted octanol–water partition coefficient (Wildman–Crippen LogP) is 2.05. The van der Waals surface area contributed by atoms with Crippen molar-refractivity contribution >= 4 is 52.0 Å². The summed E-state index contributed by atoms with van der Waals surface area (Å²) >= 11 is 2.11. The maximum Gasteiger partial charge on any atom is 0.350 e. The zero-order valence-corrected chi connectivity index (χ0v) is 18.8. The predicted molar refractivity (Wildman–Crippen MR) is 113 cm³/mol. The summed E-state index contributed by atoms with van der Waals surface area (Å²) in [5.74, 6) is -1.23. The zero-order chi connectivity index (χ0) is 22.3. The van der Waals surface area contributed by atoms with Crippen molar-refractivity contribution in [1.29, 1.82) is 0 Å². The lowest BCUT2D eigenvalue weighted by Crippen LogP contribution is -2.27. The molecular weight excluding hydrogens is 432 g/mol. The molecule has 0 radical (unpaired) electrons. The average Bonchev–Trinajstić information content (AvgIpc) is 3.24. The second kappa shape index (κ2) is 10.9. The Hall–Kier alpha value is -2.67. The summed E-state index contributed by atoms with van der Waals surface area (Å²) < 4.78 is 11.4. The lowest BCUT2D eigenvalue weighted by Gasteiger charge is -2.18. The van der Waals surface area contributed by atoms with Crippen molar-refractivity contribution in [1.82, 2.24) is 19.7 Å². The number of hydrogen-bond donors (Lipinski definition) is 2. The highest BCUT2D eigenvalue weighted by atomic mass is 32.2. The highest BCUT2D eigenvalue weighted by Crippen LogP contribution is 2.28. The molecule has 0 spiro atoms. The van der Waals surface area contributed by atoms with Crippen LogP contribution in [0.2, 0.25) is 0 Å². The van der Waals surface area contributed by atoms with Crippen LogP contribution in [0.1, 0.15) is 48.6 Å². The van der Waals surface area contributed by atoms with Gasteiger partial charge in [-0.25, -0.2) is 9.78 Å². The third-order valence-electron chi connectivity index (χ3n) is 3.80. The average molecular weight is 457 g/mol. The molecule has 11 nitrogen and oxygen atoms in total. The first-order valence-electron chi connectivity index (χ1n) is 9.26. The van der Waals surface area contributed by atoms with E-state index in [9.17, 15) is 14.4 Å². The van der Waals surface area contributed by atoms with Crippen molar-refractivity contribution < 1.29 is 23.9 Å². The second-order valence-corrected chi connectivity index (χ2v) is 7.81. The molecule has 0 fully saturated rings. The van der Waals surface area contributed by atoms with Gasteiger partial charge in [-0.15, -0.1) is 10.2 Å². The van der Waals surface area contributed by atoms with Gasteiger partial charge < -0.3 is 20.5 Å². The van der Waals surface area contributed by atoms with Gasteiger partial charge in [0, 0.05) is 0 Å². The van der Waals surface area contributed by atoms with Gasteiger partial charge in [0.1, 0.15) is 10.9 Å². The minimum atomic E-state index is -0.736. The molecule has 0 aromatic carbocycles. The Morgan fingerprint density at radius 2 is 1.90 bits per heavy atom. The highest BCUT2D eigenvalue weighted by Gasteiger charge is 2.27. The number of nitrogens with two attached hydrogens (primary N) is 1. The number of aromatic nitrogens is 4. The fourth-order valence-corrected chi connectivity index (χ4v) is 4.17. The van der Waals surface area contributed by atoms with E-state index in [1.807, 2.05) is 0 Å². The quantitative estimate of drug-likeness (QED) is 0.401. The molecule has 1 unspecified atom stereocenters. The smallest absolute Gasteiger partial charge is 0.350 e. The molecule has 0 aliphatic rings. The zero-order valence-electron chi connectivity index (χ0n) is 17.1. The van der Waals surface area contributed by atoms with Crippen molar-refractivity contribution in [3.8, 4) is 0 Å². The van der Waals surface area contributed by atoms with E-state index in [1.54, 1.807) is 27.7 Å². The van der Waals surface area contributed by atoms with E-state index in [4.69, 9.17) is 15.2 Å². The first-order valence-corrected chi connectivity index (χ1v) is 11.1. The molecule has 3 N–H and O–H groups in total. The summed E-state index contributed by atoms with van der Waals surface area (Å²) in [7, 11) is 0. The molecule has 2 aromatic rings. The molecule has 0 aliphatic heterocycles. The molecule has 30 heavy (non-hydrogen) atoms. The number of rotatable bonds is 10. The Labute approximate surface area is 181 Å². The number of hydrogen-bond acceptors (Lipinski definition) is 11. The van der Waals surface area contributed by atoms with Crippen LogP contribution in [0.3, 0.4) is 0 Å². The molecule has 2 rings (SSSR count). The molecule has 13 heteroatoms. The topological polar surface area (TPSA) is 151 Å². The van der Waals surface area contributed by atoms with E-state index in [1.165, 1.54) is 4.57 Å². The van der Waals surface area contributed by atoms with Crippen molar-refractivity contribution in [3.63, 3.8) is 0 Å². The minimum Gasteiger partial charge on any atom is -0.465 e. The van der Waals surface area contributed by atoms with Crippen LogP contribution in [0.5, 0.6) is 0 Å². The number of esters is 2. The molecule has 0 bridgehead atoms. The van der Waals surface area contributed by atoms with E-state index < -0.39 is 23.9 Å². The Balaban J connectivity index is 2.17. The number of carbonyl (C=O) groups excluding carboxylic acids is 3. The van der Waals surface area contributed by atoms with Gasteiger partial charge >= 0.3 is 11.9 Å². The number of nitrogens with zero attached hydrogens (tertiary/aromatic N) is 4. The first kappa shape index (κ1) is 23.6. The third kappa shape index (κ3) is 5.69. The molecule has 2 aromatic heterocycles. The van der Waals surface area contributed by atoms with Gasteiger partial charge in [0.15, 0.2) is 10.3 Å². The molecule has 0 aliphatic carbocycles. The number of carbonyl (C=O) groups is 3. The number of thioether (sulfide) groups is 1. The number of ether oxygens (including phenoxy) is 2. The van der Waals surface area contributed by atoms with E-state index in [2.05, 4.69) is 20.5 Å². The van der Waals surface area contributed by atoms with Crippen LogP contribution in [-0.2, 0) is 19.1 Å². The fourth-order valence-electron chi connectivity index (χ4n) is 2.52. The molecule has 1 atom stereocenters. The maximum atomic E-state index is 12.9. The lowest BCUT2D eigenvalue weighted by molar-refractivity contribution is -0.139. The molecule has 0 saturated carbocycles. The number of nitrogen functional groups attached to an aromatic ring is 1. The second-order valence-electron chi connectivity index (χ2n) is 5.87. The SMILES string of the molecule is CCOC(=O)CSc1nnc(N)n1C(CC)C(=O)Nc1nc(C)c(C(=O)OCC)s1. The number of anilines is 2. The largest absolute Gasteiger partial charge is 0.465 e. The van der Waals surface area contributed by atoms with Gasteiger partial charge in [-0.05, 0) is 27.2 Å². The van der Waals surface area contributed by atoms with Gasteiger partial charge in [-0.2, -0.15) is 0 Å². The summed E-state index contributed by atoms with van der Waals surface area (Å²) in [6, 6.07) is -0.736. The van der Waals surface area contributed by atoms with Gasteiger partial charge in [0.25, 0.3) is 0 Å². The standard InChI is InChI=1S/C17H24N6O5S2/c1-5-10(23-15(18)21-22-17(23)29-8-11(24)27-6-2)13(25)20-16-19-9(4)12(30-16)14(26)28-7-3/h10H,5-8H2,1-4H3,(H2,18,21)(H,19,20,25). The number of nitrogens with one attached hydrogen (secondary N) is 1. The lowest BCUT2D eigenvalue weighted by atomic mass is 10.2. The van der Waals surface area contributed by atoms with Gasteiger partial charge in [0.05, 0.1) is 24.7 Å². The van der Waals surface area contributed by atoms with E-state index in [-0.39, 0.29) is 30.0 Å². The molecular formula is C17H24N6O5S2. The summed E-state index contributed by atoms with van der Waals surface area (Å²) in [4.78, 5) is 41.1. The van der Waals surface area contributed by atoms with Crippen LogP contribution >= 0.6 is 23.1 Å². The molecule has 1 amide bonds. The highest BCUT2D eigenvalue weighted by molar-refractivity contribution is 7.99. The van der Waals surface area contributed by atoms with Crippen molar-refractivity contribution in [2.24, 2.45) is 0 Å². The minimum absolute atomic E-state index is 0.0125. The van der Waals surface area contributed by atoms with Crippen LogP contribution in [-0.4, -0.2) is 56.6 Å². The monoisotopic (exact) mass is 456 g/mol. The first-order chi connectivity index (χ1) is 14.3. The molecule has 0 saturated heterocycles. The van der Waals surface area contributed by atoms with Gasteiger partial charge in [-0.1, -0.05) is 30.0 Å². The maximum absolute atomic E-state index is 12.9. The normalized spacial score (nSPS) is 11.7. The van der Waals surface area contributed by atoms with Crippen LogP contribution in [0.25, 0.3) is 0 Å². The van der Waals surface area contributed by atoms with E-state index in [0.717, 1.165) is 23.1 Å². The van der Waals surface area contributed by atoms with Gasteiger partial charge in [0.2, 0.25) is 11.9 Å². The van der Waals surface area contributed by atoms with E-state index in [0.29, 0.717) is 22.1 Å². The number of thiazole rings is 1. The van der Waals surface area contributed by atoms with Crippen molar-refractivity contribution in [2.75, 3.05) is 30.0 Å². The summed E-state index contributed by atoms with van der Waals surface area (Å²) in [6.07, 6.45) is 0.385. The number of amides is 1.